The van der Waals surface area contributed by atoms with E-state index in [1.807, 2.05) is 92.7 Å². The lowest BCUT2D eigenvalue weighted by Gasteiger charge is -2.14. The van der Waals surface area contributed by atoms with Gasteiger partial charge in [-0.05, 0) is 108 Å². The number of nitriles is 5. The number of aromatic hydroxyl groups is 2. The fourth-order valence-electron chi connectivity index (χ4n) is 11.5. The van der Waals surface area contributed by atoms with Crippen LogP contribution >= 0.6 is 22.7 Å². The van der Waals surface area contributed by atoms with E-state index in [9.17, 15) is 65.8 Å². The van der Waals surface area contributed by atoms with Gasteiger partial charge in [0.15, 0.2) is 34.0 Å². The minimum atomic E-state index is -0.600. The Balaban J connectivity index is 0.000000198. The van der Waals surface area contributed by atoms with Crippen molar-refractivity contribution in [2.75, 3.05) is 50.3 Å². The normalized spacial score (nSPS) is 12.0. The zero-order valence-corrected chi connectivity index (χ0v) is 68.3. The van der Waals surface area contributed by atoms with Crippen LogP contribution in [0, 0.1) is 108 Å². The molecule has 4 aromatic carbocycles. The van der Waals surface area contributed by atoms with Crippen molar-refractivity contribution in [3.8, 4) is 59.1 Å². The Hall–Kier alpha value is -15.1. The second kappa shape index (κ2) is 41.1. The molecule has 0 saturated carbocycles. The summed E-state index contributed by atoms with van der Waals surface area (Å²) in [5.74, 6) is 0.516. The number of carbonyl (C=O) groups excluding carboxylic acids is 2. The van der Waals surface area contributed by atoms with Crippen molar-refractivity contribution in [3.05, 3.63) is 224 Å². The Morgan fingerprint density at radius 2 is 1.35 bits per heavy atom. The van der Waals surface area contributed by atoms with Crippen LogP contribution in [-0.4, -0.2) is 101 Å². The molecule has 118 heavy (non-hydrogen) atoms. The van der Waals surface area contributed by atoms with E-state index in [2.05, 4.69) is 76.9 Å². The third-order valence-electron chi connectivity index (χ3n) is 18.2. The van der Waals surface area contributed by atoms with Crippen molar-refractivity contribution < 1.29 is 34.2 Å². The average Bonchev–Trinajstić information content (AvgIpc) is 1.51. The minimum absolute atomic E-state index is 0.0277. The van der Waals surface area contributed by atoms with Gasteiger partial charge in [-0.15, -0.1) is 36.9 Å². The van der Waals surface area contributed by atoms with Crippen LogP contribution in [0.2, 0.25) is 0 Å². The number of nitrogens with two attached hydrogens (primary N) is 1. The summed E-state index contributed by atoms with van der Waals surface area (Å²) in [7, 11) is 6.84. The quantitative estimate of drug-likeness (QED) is 0.0109. The fourth-order valence-corrected chi connectivity index (χ4v) is 13.2. The largest absolute Gasteiger partial charge is 0.493 e. The summed E-state index contributed by atoms with van der Waals surface area (Å²) in [4.78, 5) is 84.7. The van der Waals surface area contributed by atoms with Crippen LogP contribution < -0.4 is 31.8 Å². The van der Waals surface area contributed by atoms with E-state index in [0.717, 1.165) is 69.0 Å². The number of nitro benzene ring substituents is 1. The molecule has 5 N–H and O–H groups in total. The highest BCUT2D eigenvalue weighted by atomic mass is 32.1. The number of aliphatic imine (C=N–C) groups is 1. The maximum Gasteiger partial charge on any atom is 0.338 e. The molecule has 1 aliphatic heterocycles. The number of azo groups is 3. The number of carbonyl (C=O) groups is 2. The Morgan fingerprint density at radius 3 is 1.95 bits per heavy atom. The van der Waals surface area contributed by atoms with Crippen LogP contribution in [0.3, 0.4) is 0 Å². The van der Waals surface area contributed by atoms with Crippen molar-refractivity contribution >= 4 is 106 Å². The van der Waals surface area contributed by atoms with Gasteiger partial charge < -0.3 is 35.6 Å². The molecule has 7 heterocycles. The Kier molecular flexibility index (Phi) is 30.8. The van der Waals surface area contributed by atoms with Crippen LogP contribution in [0.15, 0.2) is 160 Å². The number of nitrogens with one attached hydrogen (secondary N) is 1. The zero-order valence-electron chi connectivity index (χ0n) is 66.6. The number of non-ortho nitro benzene ring substituents is 1. The second-order valence-corrected chi connectivity index (χ2v) is 28.1. The molecule has 1 aliphatic rings. The molecule has 34 nitrogen and oxygen atoms in total. The van der Waals surface area contributed by atoms with Crippen molar-refractivity contribution in [3.63, 3.8) is 0 Å². The number of para-hydroxylation sites is 1. The molecule has 10 aromatic rings. The Morgan fingerprint density at radius 1 is 0.720 bits per heavy atom. The van der Waals surface area contributed by atoms with Crippen LogP contribution in [0.5, 0.6) is 17.5 Å². The molecule has 1 unspecified atom stereocenters. The van der Waals surface area contributed by atoms with Crippen LogP contribution in [0.1, 0.15) is 149 Å². The van der Waals surface area contributed by atoms with Gasteiger partial charge in [0.1, 0.15) is 98.9 Å². The highest BCUT2D eigenvalue weighted by Crippen LogP contribution is 2.44. The van der Waals surface area contributed by atoms with E-state index in [1.54, 1.807) is 65.1 Å². The number of nitro groups is 1. The number of rotatable bonds is 24. The lowest BCUT2D eigenvalue weighted by Crippen LogP contribution is -2.28. The smallest absolute Gasteiger partial charge is 0.338 e. The summed E-state index contributed by atoms with van der Waals surface area (Å²) in [6, 6.07) is 39.3. The Labute approximate surface area is 686 Å². The van der Waals surface area contributed by atoms with Crippen molar-refractivity contribution in [1.82, 2.24) is 33.9 Å². The number of aromatic nitrogens is 7. The number of pyridine rings is 3. The first kappa shape index (κ1) is 88.5. The summed E-state index contributed by atoms with van der Waals surface area (Å²) in [5.41, 5.74) is 11.1. The van der Waals surface area contributed by atoms with Crippen molar-refractivity contribution in [2.45, 2.75) is 113 Å². The topological polar surface area (TPSA) is 488 Å². The molecule has 6 aromatic heterocycles. The molecule has 1 atom stereocenters. The number of ether oxygens (including phenoxy) is 2. The number of esters is 1. The van der Waals surface area contributed by atoms with Gasteiger partial charge in [0.2, 0.25) is 16.8 Å². The molecule has 0 aliphatic carbocycles. The van der Waals surface area contributed by atoms with E-state index in [-0.39, 0.29) is 93.5 Å². The third kappa shape index (κ3) is 20.4. The summed E-state index contributed by atoms with van der Waals surface area (Å²) in [5, 5.41) is 111. The number of hydrogen-bond acceptors (Lipinski definition) is 31. The van der Waals surface area contributed by atoms with Gasteiger partial charge in [-0.1, -0.05) is 106 Å². The predicted molar refractivity (Wildman–Crippen MR) is 446 cm³/mol. The highest BCUT2D eigenvalue weighted by Gasteiger charge is 2.34. The molecule has 11 rings (SSSR count). The number of aryl methyl sites for hydroxylation is 1. The standard InChI is InChI=1S/C26H29N7OS.C23H20N4O5.C18H19N5O4.C15H12N8S/c1-6-8-12-17(7-2)22-30-23-20(16(3)19(15-27)25(34)33(23)31-22)28-24-21(18-13-10-9-11-14-18)29-26(35-24)32(4)5;1-15-19(14-24)21(28)27(2)22(29)20(15)26-25-17-8-6-7-16(13-17)23(30)32-12-11-31-18-9-4-3-5-10-18;1-4-5-8-22-17(24)14(10-19)12(3)16(18(22)25)21-20-15-7-6-13(23(26)27)9-11(15)2;1-7-9(5-16)13(19-3)21-12(18)11(7)22-23-15-10(6-17)8(2)14(20-4)24-15/h9-11,13-14,17H,6-8,12H2,1-5H3;3-10,13,28H,11-12H2,1-2H3;6-7,9,24H,4-5,8H2,1-3H3;1-3H3,(H3,18,19,21). The number of benzene rings is 4. The molecule has 0 bridgehead atoms. The lowest BCUT2D eigenvalue weighted by atomic mass is 9.98. The van der Waals surface area contributed by atoms with Gasteiger partial charge in [-0.2, -0.15) is 41.2 Å². The summed E-state index contributed by atoms with van der Waals surface area (Å²) >= 11 is 2.53. The van der Waals surface area contributed by atoms with Crippen LogP contribution in [-0.2, 0) is 18.3 Å². The first-order chi connectivity index (χ1) is 56.6. The maximum atomic E-state index is 13.1. The van der Waals surface area contributed by atoms with Gasteiger partial charge >= 0.3 is 5.97 Å². The van der Waals surface area contributed by atoms with Gasteiger partial charge in [0.05, 0.1) is 39.6 Å². The van der Waals surface area contributed by atoms with E-state index >= 15 is 0 Å². The Bertz CT molecular complexity index is 6050. The first-order valence-corrected chi connectivity index (χ1v) is 38.1. The predicted octanol–water partition coefficient (Wildman–Crippen LogP) is 17.9. The van der Waals surface area contributed by atoms with E-state index < -0.39 is 33.8 Å². The summed E-state index contributed by atoms with van der Waals surface area (Å²) < 4.78 is 14.0. The summed E-state index contributed by atoms with van der Waals surface area (Å²) in [6.45, 7) is 23.6. The van der Waals surface area contributed by atoms with Crippen molar-refractivity contribution in [1.29, 1.82) is 26.3 Å². The van der Waals surface area contributed by atoms with Gasteiger partial charge in [0.25, 0.3) is 22.7 Å². The average molecular weight is 1630 g/mol. The molecule has 0 fully saturated rings. The zero-order chi connectivity index (χ0) is 86.2. The second-order valence-electron chi connectivity index (χ2n) is 26.2. The number of allylic oxidation sites excluding steroid dienone is 2. The SMILES string of the molecule is CCCCC(CC)c1nc2n(n1)C(=O)C(C#N)=C(C)C2=Nc1sc(N(C)C)nc1-c1ccccc1.CCCCn1c(O)c(C#N)c(C)c(N=Nc2ccc([N+](=O)[O-])cc2C)c1=O.Cc1c(C#N)c(O)n(C)c(=O)c1N=Nc1cccc(C(=O)OCCOc2ccccc2)c1.[C-]#[N+]c1sc(N=Nc2c(N)nc(NC)c(C#N)c2C)c(C#N)c1C. The number of anilines is 3. The molecular formula is C82H80N24O10S2. The first-order valence-electron chi connectivity index (χ1n) is 36.5. The van der Waals surface area contributed by atoms with Gasteiger partial charge in [-0.3, -0.25) is 33.6 Å². The van der Waals surface area contributed by atoms with Crippen LogP contribution in [0.25, 0.3) is 16.1 Å². The number of thiazole rings is 1. The molecule has 600 valence electrons. The van der Waals surface area contributed by atoms with Crippen molar-refractivity contribution in [2.24, 2.45) is 42.7 Å². The number of fused-ring (bicyclic) bond motifs is 1. The molecule has 0 amide bonds. The number of hydrogen-bond donors (Lipinski definition) is 4. The third-order valence-corrected chi connectivity index (χ3v) is 20.3. The molecule has 36 heteroatoms. The van der Waals surface area contributed by atoms with Gasteiger partial charge in [0, 0.05) is 80.6 Å². The van der Waals surface area contributed by atoms with E-state index in [4.69, 9.17) is 36.7 Å². The number of nitrogen functional groups attached to an aromatic ring is 1. The minimum Gasteiger partial charge on any atom is -0.493 e. The van der Waals surface area contributed by atoms with Crippen LogP contribution in [0.4, 0.5) is 65.9 Å². The number of nitrogens with zero attached hydrogens (tertiary/aromatic N) is 22. The molecule has 0 saturated heterocycles. The maximum absolute atomic E-state index is 13.1. The van der Waals surface area contributed by atoms with E-state index in [0.29, 0.717) is 95.1 Å². The monoisotopic (exact) mass is 1620 g/mol. The number of unbranched alkanes of at least 4 members (excludes halogenated alkanes) is 2. The fraction of sp³-hybridized carbons (Fsp3) is 0.280. The number of thiophene rings is 1. The highest BCUT2D eigenvalue weighted by molar-refractivity contribution is 7.20. The lowest BCUT2D eigenvalue weighted by molar-refractivity contribution is -0.384. The van der Waals surface area contributed by atoms with E-state index in [1.165, 1.54) is 61.2 Å². The molecular weight excluding hydrogens is 1550 g/mol. The molecule has 0 radical (unpaired) electrons. The van der Waals surface area contributed by atoms with Gasteiger partial charge in [-0.25, -0.2) is 29.6 Å². The molecule has 0 spiro atoms. The summed E-state index contributed by atoms with van der Waals surface area (Å²) in [6.07, 6.45) is 5.43.